The molecule has 0 aromatic heterocycles. The molecule has 6 heteroatoms. The zero-order chi connectivity index (χ0) is 10.7. The van der Waals surface area contributed by atoms with Crippen molar-refractivity contribution >= 4 is 17.9 Å². The largest absolute Gasteiger partial charge is 1.00 e. The van der Waals surface area contributed by atoms with E-state index in [1.54, 1.807) is 18.2 Å². The average Bonchev–Trinajstić information content (AvgIpc) is 2.71. The molecule has 16 heavy (non-hydrogen) atoms. The molecule has 2 rings (SSSR count). The van der Waals surface area contributed by atoms with Crippen LogP contribution in [0.4, 0.5) is 0 Å². The topological polar surface area (TPSA) is 29.5 Å². The van der Waals surface area contributed by atoms with Gasteiger partial charge in [-0.05, 0) is 19.8 Å². The zero-order valence-electron chi connectivity index (χ0n) is 9.39. The maximum Gasteiger partial charge on any atom is 0.226 e. The van der Waals surface area contributed by atoms with Crippen molar-refractivity contribution in [3.8, 4) is 0 Å². The van der Waals surface area contributed by atoms with Gasteiger partial charge in [-0.1, -0.05) is 4.05 Å². The van der Waals surface area contributed by atoms with Crippen LogP contribution in [0.2, 0.25) is 0 Å². The van der Waals surface area contributed by atoms with Gasteiger partial charge >= 0.3 is 0 Å². The summed E-state index contributed by atoms with van der Waals surface area (Å²) < 4.78 is 0.464. The van der Waals surface area contributed by atoms with E-state index in [2.05, 4.69) is 6.92 Å². The molecule has 1 saturated heterocycles. The van der Waals surface area contributed by atoms with E-state index >= 15 is 0 Å². The molecule has 2 aliphatic rings. The van der Waals surface area contributed by atoms with Crippen molar-refractivity contribution < 1.29 is 26.1 Å². The molecule has 1 fully saturated rings. The van der Waals surface area contributed by atoms with Crippen LogP contribution in [0.15, 0.2) is 11.7 Å². The Hall–Kier alpha value is -0.390. The average molecular weight is 265 g/mol. The third kappa shape index (κ3) is 2.84. The van der Waals surface area contributed by atoms with E-state index < -0.39 is 0 Å². The minimum absolute atomic E-state index is 0. The molecule has 92 valence electrons. The molecule has 0 saturated carbocycles. The summed E-state index contributed by atoms with van der Waals surface area (Å²) in [4.78, 5) is 19.2. The molecule has 0 aromatic rings. The molecule has 0 aliphatic carbocycles. The second-order valence-electron chi connectivity index (χ2n) is 3.87. The van der Waals surface area contributed by atoms with Gasteiger partial charge in [-0.3, -0.25) is 9.69 Å². The molecule has 1 atom stereocenters. The number of hydrogen-bond acceptors (Lipinski definition) is 3. The maximum absolute atomic E-state index is 11.7. The fraction of sp³-hybridized carbons (Fsp3) is 0.700. The lowest BCUT2D eigenvalue weighted by atomic mass is 10.1. The molecule has 4 nitrogen and oxygen atoms in total. The molecule has 0 bridgehead atoms. The Morgan fingerprint density at radius 3 is 2.94 bits per heavy atom. The number of likely N-dealkylation sites (tertiary alicyclic amines) is 1. The first-order valence-corrected chi connectivity index (χ1v) is 6.26. The number of hydrogen-bond donors (Lipinski definition) is 0. The number of quaternary nitrogens is 1. The van der Waals surface area contributed by atoms with Crippen molar-refractivity contribution in [1.82, 2.24) is 4.90 Å². The summed E-state index contributed by atoms with van der Waals surface area (Å²) in [5.41, 5.74) is 0. The van der Waals surface area contributed by atoms with Crippen molar-refractivity contribution in [3.63, 3.8) is 0 Å². The molecule has 0 N–H and O–H groups in total. The molecule has 2 aliphatic heterocycles. The Balaban J connectivity index is 0.00000128. The number of carbonyl (C=O) groups excluding carboxylic acids is 1. The molecule has 1 unspecified atom stereocenters. The van der Waals surface area contributed by atoms with E-state index in [-0.39, 0.29) is 18.3 Å². The van der Waals surface area contributed by atoms with Crippen molar-refractivity contribution in [1.29, 1.82) is 0 Å². The first-order chi connectivity index (χ1) is 7.26. The molecule has 0 aromatic carbocycles. The first kappa shape index (κ1) is 13.7. The highest BCUT2D eigenvalue weighted by Crippen LogP contribution is 2.31. The van der Waals surface area contributed by atoms with Gasteiger partial charge in [-0.25, -0.2) is 0 Å². The van der Waals surface area contributed by atoms with Crippen LogP contribution in [0.1, 0.15) is 26.2 Å². The summed E-state index contributed by atoms with van der Waals surface area (Å²) >= 11 is 1.63. The number of carbonyl (C=O) groups is 1. The summed E-state index contributed by atoms with van der Waals surface area (Å²) in [6.45, 7) is 4.48. The van der Waals surface area contributed by atoms with Crippen LogP contribution < -0.4 is 12.4 Å². The molecule has 2 heterocycles. The lowest BCUT2D eigenvalue weighted by Crippen LogP contribution is -3.00. The number of rotatable bonds is 3. The van der Waals surface area contributed by atoms with Gasteiger partial charge in [0.15, 0.2) is 18.2 Å². The normalized spacial score (nSPS) is 28.8. The van der Waals surface area contributed by atoms with Gasteiger partial charge in [-0.2, -0.15) is 0 Å². The fourth-order valence-electron chi connectivity index (χ4n) is 1.88. The van der Waals surface area contributed by atoms with Crippen LogP contribution in [0, 0.1) is 0 Å². The Kier molecular flexibility index (Phi) is 4.95. The zero-order valence-corrected chi connectivity index (χ0v) is 11.0. The molecule has 0 spiro atoms. The Bertz CT molecular complexity index is 278. The minimum Gasteiger partial charge on any atom is -1.00 e. The third-order valence-electron chi connectivity index (χ3n) is 2.85. The van der Waals surface area contributed by atoms with Crippen LogP contribution in [0.3, 0.4) is 0 Å². The van der Waals surface area contributed by atoms with Crippen molar-refractivity contribution in [2.24, 2.45) is 0 Å². The van der Waals surface area contributed by atoms with Crippen LogP contribution in [-0.2, 0) is 9.63 Å². The summed E-state index contributed by atoms with van der Waals surface area (Å²) in [6.07, 6.45) is 4.56. The third-order valence-corrected chi connectivity index (χ3v) is 3.93. The minimum atomic E-state index is 0. The number of nitrogens with zero attached hydrogens (tertiary/aromatic N) is 2. The van der Waals surface area contributed by atoms with Crippen LogP contribution in [0.5, 0.6) is 0 Å². The van der Waals surface area contributed by atoms with E-state index in [9.17, 15) is 4.79 Å². The van der Waals surface area contributed by atoms with E-state index in [1.165, 1.54) is 0 Å². The van der Waals surface area contributed by atoms with E-state index in [0.29, 0.717) is 17.1 Å². The standard InChI is InChI=1S/C10H17N2O2S.ClH/c1-2-12(14-7-8-15-12)9-11-6-4-3-5-10(11)13;/h7-8H,2-6,9H2,1H3;1H/q+1;/p-1. The second-order valence-corrected chi connectivity index (χ2v) is 5.02. The number of hydroxylamine groups is 2. The summed E-state index contributed by atoms with van der Waals surface area (Å²) in [5.74, 6) is 0.267. The van der Waals surface area contributed by atoms with Crippen molar-refractivity contribution in [2.75, 3.05) is 19.8 Å². The van der Waals surface area contributed by atoms with Gasteiger partial charge in [0.05, 0.1) is 5.41 Å². The van der Waals surface area contributed by atoms with Crippen molar-refractivity contribution in [3.05, 3.63) is 11.7 Å². The van der Waals surface area contributed by atoms with Gasteiger partial charge in [-0.15, -0.1) is 0 Å². The lowest BCUT2D eigenvalue weighted by molar-refractivity contribution is -0.987. The molecule has 0 radical (unpaired) electrons. The summed E-state index contributed by atoms with van der Waals surface area (Å²) in [6, 6.07) is 0. The van der Waals surface area contributed by atoms with Crippen LogP contribution in [-0.4, -0.2) is 34.6 Å². The first-order valence-electron chi connectivity index (χ1n) is 5.42. The molecule has 1 amide bonds. The SMILES string of the molecule is CC[N+]1(CN2CCCCC2=O)OC=CS1.[Cl-]. The van der Waals surface area contributed by atoms with Crippen molar-refractivity contribution in [2.45, 2.75) is 26.2 Å². The predicted molar refractivity (Wildman–Crippen MR) is 59.0 cm³/mol. The Labute approximate surface area is 107 Å². The Morgan fingerprint density at radius 2 is 2.38 bits per heavy atom. The highest BCUT2D eigenvalue weighted by Gasteiger charge is 2.37. The van der Waals surface area contributed by atoms with E-state index in [0.717, 1.165) is 25.9 Å². The highest BCUT2D eigenvalue weighted by atomic mass is 35.5. The predicted octanol–water partition coefficient (Wildman–Crippen LogP) is -1.14. The second kappa shape index (κ2) is 5.80. The lowest BCUT2D eigenvalue weighted by Gasteiger charge is -2.33. The molecular formula is C10H17ClN2O2S. The summed E-state index contributed by atoms with van der Waals surface area (Å²) in [7, 11) is 0. The quantitative estimate of drug-likeness (QED) is 0.477. The highest BCUT2D eigenvalue weighted by molar-refractivity contribution is 7.96. The Morgan fingerprint density at radius 1 is 1.56 bits per heavy atom. The van der Waals surface area contributed by atoms with Gasteiger partial charge in [0.1, 0.15) is 6.54 Å². The van der Waals surface area contributed by atoms with Gasteiger partial charge in [0.25, 0.3) is 0 Å². The van der Waals surface area contributed by atoms with Gasteiger partial charge in [0.2, 0.25) is 12.6 Å². The monoisotopic (exact) mass is 264 g/mol. The fourth-order valence-corrected chi connectivity index (χ4v) is 2.66. The van der Waals surface area contributed by atoms with Gasteiger partial charge in [0, 0.05) is 13.0 Å². The van der Waals surface area contributed by atoms with Crippen LogP contribution >= 0.6 is 11.9 Å². The van der Waals surface area contributed by atoms with Gasteiger partial charge < -0.3 is 17.2 Å². The number of amides is 1. The summed E-state index contributed by atoms with van der Waals surface area (Å²) in [5, 5.41) is 1.94. The maximum atomic E-state index is 11.7. The van der Waals surface area contributed by atoms with E-state index in [1.807, 2.05) is 10.3 Å². The number of halogens is 1. The number of piperidine rings is 1. The molecular weight excluding hydrogens is 248 g/mol. The smallest absolute Gasteiger partial charge is 0.226 e. The van der Waals surface area contributed by atoms with E-state index in [4.69, 9.17) is 4.84 Å². The van der Waals surface area contributed by atoms with Crippen LogP contribution in [0.25, 0.3) is 0 Å².